The van der Waals surface area contributed by atoms with Gasteiger partial charge >= 0.3 is 0 Å². The van der Waals surface area contributed by atoms with Gasteiger partial charge < -0.3 is 0 Å². The smallest absolute Gasteiger partial charge is 0.262 e. The Balaban J connectivity index is 2.04. The molecule has 0 saturated carbocycles. The topological polar surface area (TPSA) is 102 Å². The maximum atomic E-state index is 11.0. The van der Waals surface area contributed by atoms with Crippen molar-refractivity contribution in [3.05, 3.63) is 41.7 Å². The predicted octanol–water partition coefficient (Wildman–Crippen LogP) is 0.237. The van der Waals surface area contributed by atoms with Gasteiger partial charge in [-0.15, -0.1) is 5.10 Å². The van der Waals surface area contributed by atoms with E-state index in [-0.39, 0.29) is 5.16 Å². The molecular formula is C10H12N4O2S. The number of sulfonamides is 1. The molecule has 0 aliphatic heterocycles. The molecule has 90 valence electrons. The summed E-state index contributed by atoms with van der Waals surface area (Å²) in [6.45, 7) is 0. The van der Waals surface area contributed by atoms with Gasteiger partial charge in [0.25, 0.3) is 15.2 Å². The maximum absolute atomic E-state index is 11.0. The predicted molar refractivity (Wildman–Crippen MR) is 61.6 cm³/mol. The summed E-state index contributed by atoms with van der Waals surface area (Å²) in [7, 11) is -3.82. The third kappa shape index (κ3) is 3.11. The van der Waals surface area contributed by atoms with Gasteiger partial charge in [0, 0.05) is 6.42 Å². The summed E-state index contributed by atoms with van der Waals surface area (Å²) >= 11 is 0. The number of rotatable bonds is 4. The molecule has 1 aromatic heterocycles. The highest BCUT2D eigenvalue weighted by molar-refractivity contribution is 7.89. The quantitative estimate of drug-likeness (QED) is 0.813. The Morgan fingerprint density at radius 2 is 1.88 bits per heavy atom. The van der Waals surface area contributed by atoms with E-state index in [9.17, 15) is 8.42 Å². The van der Waals surface area contributed by atoms with Crippen molar-refractivity contribution in [1.29, 1.82) is 0 Å². The Morgan fingerprint density at radius 1 is 1.18 bits per heavy atom. The van der Waals surface area contributed by atoms with Gasteiger partial charge in [-0.1, -0.05) is 30.3 Å². The third-order valence-corrected chi connectivity index (χ3v) is 2.95. The zero-order valence-corrected chi connectivity index (χ0v) is 9.81. The highest BCUT2D eigenvalue weighted by Gasteiger charge is 2.14. The molecule has 2 rings (SSSR count). The highest BCUT2D eigenvalue weighted by Crippen LogP contribution is 2.05. The van der Waals surface area contributed by atoms with E-state index < -0.39 is 10.0 Å². The van der Waals surface area contributed by atoms with E-state index in [4.69, 9.17) is 5.14 Å². The van der Waals surface area contributed by atoms with Crippen LogP contribution in [0.5, 0.6) is 0 Å². The molecule has 0 bridgehead atoms. The first-order chi connectivity index (χ1) is 8.05. The SMILES string of the molecule is NS(=O)(=O)c1n[nH]c(CCc2ccccc2)n1. The van der Waals surface area contributed by atoms with Crippen LogP contribution in [0, 0.1) is 0 Å². The zero-order valence-electron chi connectivity index (χ0n) is 9.00. The number of primary sulfonamides is 1. The third-order valence-electron chi connectivity index (χ3n) is 2.26. The number of aromatic amines is 1. The van der Waals surface area contributed by atoms with Crippen LogP contribution in [0.1, 0.15) is 11.4 Å². The van der Waals surface area contributed by atoms with Gasteiger partial charge in [-0.05, 0) is 12.0 Å². The Morgan fingerprint density at radius 3 is 2.47 bits per heavy atom. The molecule has 7 heteroatoms. The summed E-state index contributed by atoms with van der Waals surface area (Å²) in [5.74, 6) is 0.512. The number of aryl methyl sites for hydroxylation is 2. The molecule has 0 aliphatic carbocycles. The summed E-state index contributed by atoms with van der Waals surface area (Å²) < 4.78 is 21.9. The van der Waals surface area contributed by atoms with Crippen molar-refractivity contribution in [3.63, 3.8) is 0 Å². The molecular weight excluding hydrogens is 240 g/mol. The van der Waals surface area contributed by atoms with E-state index in [0.717, 1.165) is 12.0 Å². The summed E-state index contributed by atoms with van der Waals surface area (Å²) in [6, 6.07) is 9.84. The fourth-order valence-corrected chi connectivity index (χ4v) is 1.83. The molecule has 2 aromatic rings. The van der Waals surface area contributed by atoms with E-state index in [2.05, 4.69) is 15.2 Å². The van der Waals surface area contributed by atoms with Gasteiger partial charge in [0.05, 0.1) is 0 Å². The molecule has 0 radical (unpaired) electrons. The molecule has 0 fully saturated rings. The van der Waals surface area contributed by atoms with Crippen LogP contribution >= 0.6 is 0 Å². The van der Waals surface area contributed by atoms with Gasteiger partial charge in [-0.25, -0.2) is 18.5 Å². The van der Waals surface area contributed by atoms with Crippen LogP contribution in [0.3, 0.4) is 0 Å². The van der Waals surface area contributed by atoms with Crippen molar-refractivity contribution >= 4 is 10.0 Å². The van der Waals surface area contributed by atoms with Gasteiger partial charge in [0.15, 0.2) is 0 Å². The molecule has 0 atom stereocenters. The Kier molecular flexibility index (Phi) is 3.21. The first-order valence-corrected chi connectivity index (χ1v) is 6.58. The number of hydrogen-bond acceptors (Lipinski definition) is 4. The Hall–Kier alpha value is -1.73. The van der Waals surface area contributed by atoms with Gasteiger partial charge in [0.2, 0.25) is 0 Å². The lowest BCUT2D eigenvalue weighted by molar-refractivity contribution is 0.589. The highest BCUT2D eigenvalue weighted by atomic mass is 32.2. The monoisotopic (exact) mass is 252 g/mol. The number of H-pyrrole nitrogens is 1. The minimum absolute atomic E-state index is 0.361. The Labute approximate surface area is 98.9 Å². The van der Waals surface area contributed by atoms with Crippen molar-refractivity contribution in [2.24, 2.45) is 5.14 Å². The number of aromatic nitrogens is 3. The van der Waals surface area contributed by atoms with Crippen LogP contribution in [0.25, 0.3) is 0 Å². The number of nitrogens with zero attached hydrogens (tertiary/aromatic N) is 2. The van der Waals surface area contributed by atoms with E-state index in [1.54, 1.807) is 0 Å². The van der Waals surface area contributed by atoms with Crippen LogP contribution in [0.4, 0.5) is 0 Å². The van der Waals surface area contributed by atoms with Crippen LogP contribution < -0.4 is 5.14 Å². The number of nitrogens with one attached hydrogen (secondary N) is 1. The molecule has 17 heavy (non-hydrogen) atoms. The van der Waals surface area contributed by atoms with E-state index >= 15 is 0 Å². The molecule has 1 aromatic carbocycles. The normalized spacial score (nSPS) is 11.6. The van der Waals surface area contributed by atoms with Crippen LogP contribution in [0.15, 0.2) is 35.5 Å². The number of benzene rings is 1. The lowest BCUT2D eigenvalue weighted by Gasteiger charge is -1.97. The van der Waals surface area contributed by atoms with E-state index in [0.29, 0.717) is 12.2 Å². The molecule has 6 nitrogen and oxygen atoms in total. The summed E-state index contributed by atoms with van der Waals surface area (Å²) in [4.78, 5) is 3.82. The second kappa shape index (κ2) is 4.64. The van der Waals surface area contributed by atoms with E-state index in [1.165, 1.54) is 0 Å². The first-order valence-electron chi connectivity index (χ1n) is 5.04. The fourth-order valence-electron chi connectivity index (χ4n) is 1.42. The molecule has 0 amide bonds. The molecule has 0 unspecified atom stereocenters. The standard InChI is InChI=1S/C10H12N4O2S/c11-17(15,16)10-12-9(13-14-10)7-6-8-4-2-1-3-5-8/h1-5H,6-7H2,(H2,11,15,16)(H,12,13,14). The molecule has 0 saturated heterocycles. The average Bonchev–Trinajstić information content (AvgIpc) is 2.76. The Bertz CT molecular complexity index is 592. The minimum Gasteiger partial charge on any atom is -0.262 e. The molecule has 0 spiro atoms. The second-order valence-electron chi connectivity index (χ2n) is 3.60. The van der Waals surface area contributed by atoms with Gasteiger partial charge in [-0.3, -0.25) is 5.10 Å². The van der Waals surface area contributed by atoms with Gasteiger partial charge in [0.1, 0.15) is 5.82 Å². The lowest BCUT2D eigenvalue weighted by atomic mass is 10.1. The van der Waals surface area contributed by atoms with Gasteiger partial charge in [-0.2, -0.15) is 0 Å². The van der Waals surface area contributed by atoms with Crippen LogP contribution in [0.2, 0.25) is 0 Å². The summed E-state index contributed by atoms with van der Waals surface area (Å²) in [6.07, 6.45) is 1.35. The van der Waals surface area contributed by atoms with Crippen molar-refractivity contribution in [3.8, 4) is 0 Å². The first kappa shape index (κ1) is 11.7. The van der Waals surface area contributed by atoms with Crippen molar-refractivity contribution in [1.82, 2.24) is 15.2 Å². The van der Waals surface area contributed by atoms with Crippen molar-refractivity contribution in [2.45, 2.75) is 18.0 Å². The molecule has 1 heterocycles. The largest absolute Gasteiger partial charge is 0.282 e. The fraction of sp³-hybridized carbons (Fsp3) is 0.200. The van der Waals surface area contributed by atoms with Crippen molar-refractivity contribution < 1.29 is 8.42 Å². The minimum atomic E-state index is -3.82. The maximum Gasteiger partial charge on any atom is 0.282 e. The van der Waals surface area contributed by atoms with Crippen LogP contribution in [-0.4, -0.2) is 23.6 Å². The summed E-state index contributed by atoms with van der Waals surface area (Å²) in [5.41, 5.74) is 1.15. The van der Waals surface area contributed by atoms with Crippen LogP contribution in [-0.2, 0) is 22.9 Å². The summed E-state index contributed by atoms with van der Waals surface area (Å²) in [5, 5.41) is 10.7. The number of nitrogens with two attached hydrogens (primary N) is 1. The molecule has 0 aliphatic rings. The second-order valence-corrected chi connectivity index (χ2v) is 5.05. The average molecular weight is 252 g/mol. The van der Waals surface area contributed by atoms with Crippen molar-refractivity contribution in [2.75, 3.05) is 0 Å². The van der Waals surface area contributed by atoms with E-state index in [1.807, 2.05) is 30.3 Å². The molecule has 3 N–H and O–H groups in total. The lowest BCUT2D eigenvalue weighted by Crippen LogP contribution is -2.14. The zero-order chi connectivity index (χ0) is 12.3. The number of hydrogen-bond donors (Lipinski definition) is 2.